The van der Waals surface area contributed by atoms with Crippen LogP contribution in [-0.2, 0) is 23.9 Å². The number of likely N-dealkylation sites (N-methyl/N-ethyl adjacent to an activating group) is 1. The van der Waals surface area contributed by atoms with E-state index in [1.807, 2.05) is 30.3 Å². The Bertz CT molecular complexity index is 629. The smallest absolute Gasteiger partial charge is 0.330 e. The Morgan fingerprint density at radius 3 is 2.75 bits per heavy atom. The summed E-state index contributed by atoms with van der Waals surface area (Å²) in [5.41, 5.74) is 0.818. The van der Waals surface area contributed by atoms with Gasteiger partial charge in [0.25, 0.3) is 5.91 Å². The van der Waals surface area contributed by atoms with Crippen molar-refractivity contribution in [2.45, 2.75) is 12.1 Å². The molecule has 0 spiro atoms. The lowest BCUT2D eigenvalue weighted by molar-refractivity contribution is -0.162. The van der Waals surface area contributed by atoms with Crippen molar-refractivity contribution >= 4 is 17.8 Å². The molecule has 1 N–H and O–H groups in total. The number of amides is 2. The second-order valence-electron chi connectivity index (χ2n) is 5.26. The van der Waals surface area contributed by atoms with Gasteiger partial charge in [-0.3, -0.25) is 9.59 Å². The number of ether oxygens (including phenoxy) is 2. The average molecular weight is 332 g/mol. The highest BCUT2D eigenvalue weighted by molar-refractivity contribution is 5.86. The van der Waals surface area contributed by atoms with Crippen molar-refractivity contribution < 1.29 is 23.9 Å². The summed E-state index contributed by atoms with van der Waals surface area (Å²) >= 11 is 0. The van der Waals surface area contributed by atoms with Crippen LogP contribution >= 0.6 is 0 Å². The molecule has 2 unspecified atom stereocenters. The maximum Gasteiger partial charge on any atom is 0.330 e. The van der Waals surface area contributed by atoms with E-state index in [-0.39, 0.29) is 25.0 Å². The van der Waals surface area contributed by atoms with Gasteiger partial charge < -0.3 is 19.7 Å². The number of nitrogens with zero attached hydrogens (tertiary/aromatic N) is 1. The van der Waals surface area contributed by atoms with Crippen LogP contribution in [0.5, 0.6) is 0 Å². The van der Waals surface area contributed by atoms with Gasteiger partial charge in [0.05, 0.1) is 13.2 Å². The summed E-state index contributed by atoms with van der Waals surface area (Å²) in [5, 5.41) is 2.67. The number of rotatable bonds is 5. The van der Waals surface area contributed by atoms with E-state index in [1.54, 1.807) is 7.05 Å². The van der Waals surface area contributed by atoms with E-state index in [0.717, 1.165) is 5.56 Å². The van der Waals surface area contributed by atoms with Gasteiger partial charge in [-0.25, -0.2) is 4.79 Å². The molecule has 1 fully saturated rings. The van der Waals surface area contributed by atoms with Crippen LogP contribution in [0.25, 0.3) is 0 Å². The second-order valence-corrected chi connectivity index (χ2v) is 5.26. The Morgan fingerprint density at radius 2 is 2.08 bits per heavy atom. The van der Waals surface area contributed by atoms with Crippen molar-refractivity contribution in [1.29, 1.82) is 0 Å². The number of esters is 1. The third kappa shape index (κ3) is 4.20. The zero-order valence-corrected chi connectivity index (χ0v) is 13.6. The molecule has 2 atom stereocenters. The van der Waals surface area contributed by atoms with Crippen LogP contribution in [0.4, 0.5) is 0 Å². The molecule has 1 aliphatic rings. The molecule has 1 heterocycles. The molecule has 1 aliphatic heterocycles. The van der Waals surface area contributed by atoms with Crippen molar-refractivity contribution in [3.8, 4) is 0 Å². The standard InChI is InChI=1S/C17H20N2O5/c1-19-13(20)11-24-16(15(19)12-7-4-3-5-8-12)17(22)18-10-6-9-14(21)23-2/h3-9,15-16H,10-11H2,1-2H3,(H,18,22)/b9-6+. The van der Waals surface area contributed by atoms with E-state index in [2.05, 4.69) is 10.1 Å². The lowest BCUT2D eigenvalue weighted by atomic mass is 9.97. The minimum absolute atomic E-state index is 0.143. The van der Waals surface area contributed by atoms with Gasteiger partial charge in [-0.05, 0) is 5.56 Å². The normalized spacial score (nSPS) is 20.9. The number of carbonyl (C=O) groups excluding carboxylic acids is 3. The lowest BCUT2D eigenvalue weighted by Gasteiger charge is -2.38. The number of benzene rings is 1. The molecule has 2 rings (SSSR count). The van der Waals surface area contributed by atoms with Gasteiger partial charge in [0.15, 0.2) is 6.10 Å². The highest BCUT2D eigenvalue weighted by Crippen LogP contribution is 2.28. The largest absolute Gasteiger partial charge is 0.466 e. The van der Waals surface area contributed by atoms with E-state index in [4.69, 9.17) is 4.74 Å². The summed E-state index contributed by atoms with van der Waals surface area (Å²) in [6.45, 7) is 0.0167. The van der Waals surface area contributed by atoms with Gasteiger partial charge in [0.2, 0.25) is 5.91 Å². The van der Waals surface area contributed by atoms with Crippen LogP contribution in [0.3, 0.4) is 0 Å². The first-order valence-corrected chi connectivity index (χ1v) is 7.49. The number of nitrogens with one attached hydrogen (secondary N) is 1. The quantitative estimate of drug-likeness (QED) is 0.624. The number of methoxy groups -OCH3 is 1. The molecule has 0 aliphatic carbocycles. The topological polar surface area (TPSA) is 84.9 Å². The van der Waals surface area contributed by atoms with E-state index >= 15 is 0 Å². The predicted octanol–water partition coefficient (Wildman–Crippen LogP) is 0.430. The zero-order valence-electron chi connectivity index (χ0n) is 13.6. The zero-order chi connectivity index (χ0) is 17.5. The molecule has 0 aromatic heterocycles. The Morgan fingerprint density at radius 1 is 1.38 bits per heavy atom. The first kappa shape index (κ1) is 17.7. The van der Waals surface area contributed by atoms with Crippen molar-refractivity contribution in [3.05, 3.63) is 48.0 Å². The van der Waals surface area contributed by atoms with Crippen molar-refractivity contribution in [2.75, 3.05) is 27.3 Å². The lowest BCUT2D eigenvalue weighted by Crippen LogP contribution is -2.53. The van der Waals surface area contributed by atoms with E-state index in [9.17, 15) is 14.4 Å². The molecule has 1 aromatic rings. The van der Waals surface area contributed by atoms with Crippen LogP contribution in [0.15, 0.2) is 42.5 Å². The van der Waals surface area contributed by atoms with Gasteiger partial charge in [-0.1, -0.05) is 36.4 Å². The Balaban J connectivity index is 2.08. The highest BCUT2D eigenvalue weighted by Gasteiger charge is 2.39. The molecular weight excluding hydrogens is 312 g/mol. The summed E-state index contributed by atoms with van der Waals surface area (Å²) in [4.78, 5) is 36.9. The van der Waals surface area contributed by atoms with E-state index < -0.39 is 18.1 Å². The Hall–Kier alpha value is -2.67. The fourth-order valence-corrected chi connectivity index (χ4v) is 2.46. The minimum atomic E-state index is -0.818. The predicted molar refractivity (Wildman–Crippen MR) is 85.9 cm³/mol. The van der Waals surface area contributed by atoms with Gasteiger partial charge in [-0.2, -0.15) is 0 Å². The van der Waals surface area contributed by atoms with Crippen LogP contribution in [0.1, 0.15) is 11.6 Å². The Labute approximate surface area is 140 Å². The number of hydrogen-bond donors (Lipinski definition) is 1. The first-order chi connectivity index (χ1) is 11.5. The van der Waals surface area contributed by atoms with Gasteiger partial charge in [0.1, 0.15) is 6.61 Å². The van der Waals surface area contributed by atoms with Gasteiger partial charge >= 0.3 is 5.97 Å². The molecule has 0 radical (unpaired) electrons. The summed E-state index contributed by atoms with van der Waals surface area (Å²) < 4.78 is 9.94. The third-order valence-electron chi connectivity index (χ3n) is 3.73. The summed E-state index contributed by atoms with van der Waals surface area (Å²) in [7, 11) is 2.93. The molecule has 7 nitrogen and oxygen atoms in total. The molecule has 1 saturated heterocycles. The van der Waals surface area contributed by atoms with Crippen molar-refractivity contribution in [2.24, 2.45) is 0 Å². The van der Waals surface area contributed by atoms with Crippen LogP contribution in [0, 0.1) is 0 Å². The molecule has 0 saturated carbocycles. The number of hydrogen-bond acceptors (Lipinski definition) is 5. The van der Waals surface area contributed by atoms with Crippen LogP contribution < -0.4 is 5.32 Å². The summed E-state index contributed by atoms with van der Waals surface area (Å²) in [6.07, 6.45) is 1.90. The van der Waals surface area contributed by atoms with Crippen molar-refractivity contribution in [1.82, 2.24) is 10.2 Å². The first-order valence-electron chi connectivity index (χ1n) is 7.49. The third-order valence-corrected chi connectivity index (χ3v) is 3.73. The molecule has 128 valence electrons. The SMILES string of the molecule is COC(=O)/C=C/CNC(=O)C1OCC(=O)N(C)C1c1ccccc1. The van der Waals surface area contributed by atoms with Gasteiger partial charge in [0, 0.05) is 19.7 Å². The van der Waals surface area contributed by atoms with Crippen LogP contribution in [0.2, 0.25) is 0 Å². The minimum Gasteiger partial charge on any atom is -0.466 e. The van der Waals surface area contributed by atoms with Gasteiger partial charge in [-0.15, -0.1) is 0 Å². The van der Waals surface area contributed by atoms with Crippen LogP contribution in [-0.4, -0.2) is 56.1 Å². The molecule has 1 aromatic carbocycles. The maximum absolute atomic E-state index is 12.4. The fraction of sp³-hybridized carbons (Fsp3) is 0.353. The fourth-order valence-electron chi connectivity index (χ4n) is 2.46. The molecular formula is C17H20N2O5. The maximum atomic E-state index is 12.4. The number of carbonyl (C=O) groups is 3. The summed E-state index contributed by atoms with van der Waals surface area (Å²) in [6, 6.07) is 8.74. The molecule has 2 amide bonds. The average Bonchev–Trinajstić information content (AvgIpc) is 2.61. The molecule has 0 bridgehead atoms. The Kier molecular flexibility index (Phi) is 6.08. The highest BCUT2D eigenvalue weighted by atomic mass is 16.5. The monoisotopic (exact) mass is 332 g/mol. The van der Waals surface area contributed by atoms with E-state index in [1.165, 1.54) is 24.2 Å². The van der Waals surface area contributed by atoms with E-state index in [0.29, 0.717) is 0 Å². The van der Waals surface area contributed by atoms with Crippen molar-refractivity contribution in [3.63, 3.8) is 0 Å². The number of morpholine rings is 1. The summed E-state index contributed by atoms with van der Waals surface area (Å²) in [5.74, 6) is -1.03. The molecule has 24 heavy (non-hydrogen) atoms. The second kappa shape index (κ2) is 8.26. The molecule has 7 heteroatoms.